The standard InChI is InChI=1S/C19H18BrN3O/c1-12-9-14-5-3-4-6-16(14)22(10-12)19(24)18-13(2)21-17-8-7-15(20)11-23(17)18/h3-8,11-12H,9-10H2,1-2H3. The minimum atomic E-state index is 0.0112. The number of imidazole rings is 1. The van der Waals surface area contributed by atoms with Gasteiger partial charge in [0.1, 0.15) is 11.3 Å². The number of pyridine rings is 1. The Morgan fingerprint density at radius 1 is 1.25 bits per heavy atom. The van der Waals surface area contributed by atoms with Gasteiger partial charge >= 0.3 is 0 Å². The van der Waals surface area contributed by atoms with E-state index in [0.29, 0.717) is 11.6 Å². The molecule has 0 radical (unpaired) electrons. The van der Waals surface area contributed by atoms with E-state index in [1.54, 1.807) is 0 Å². The van der Waals surface area contributed by atoms with Crippen LogP contribution in [0.15, 0.2) is 47.1 Å². The molecule has 1 atom stereocenters. The molecule has 1 aliphatic heterocycles. The van der Waals surface area contributed by atoms with Crippen molar-refractivity contribution in [2.45, 2.75) is 20.3 Å². The number of rotatable bonds is 1. The van der Waals surface area contributed by atoms with Gasteiger partial charge < -0.3 is 4.90 Å². The number of nitrogens with zero attached hydrogens (tertiary/aromatic N) is 3. The maximum Gasteiger partial charge on any atom is 0.277 e. The third-order valence-corrected chi connectivity index (χ3v) is 5.02. The molecule has 2 aromatic heterocycles. The normalized spacial score (nSPS) is 17.1. The molecule has 0 N–H and O–H groups in total. The van der Waals surface area contributed by atoms with Crippen molar-refractivity contribution in [2.75, 3.05) is 11.4 Å². The summed E-state index contributed by atoms with van der Waals surface area (Å²) in [7, 11) is 0. The molecule has 4 nitrogen and oxygen atoms in total. The number of hydrogen-bond acceptors (Lipinski definition) is 2. The van der Waals surface area contributed by atoms with Crippen molar-refractivity contribution in [1.82, 2.24) is 9.38 Å². The first-order chi connectivity index (χ1) is 11.5. The maximum absolute atomic E-state index is 13.4. The third kappa shape index (κ3) is 2.44. The molecule has 3 aromatic rings. The lowest BCUT2D eigenvalue weighted by Gasteiger charge is -2.33. The maximum atomic E-state index is 13.4. The Labute approximate surface area is 149 Å². The minimum absolute atomic E-state index is 0.0112. The molecular weight excluding hydrogens is 366 g/mol. The van der Waals surface area contributed by atoms with Crippen molar-refractivity contribution >= 4 is 33.2 Å². The van der Waals surface area contributed by atoms with E-state index in [0.717, 1.165) is 34.5 Å². The molecule has 122 valence electrons. The zero-order valence-electron chi connectivity index (χ0n) is 13.7. The van der Waals surface area contributed by atoms with E-state index < -0.39 is 0 Å². The summed E-state index contributed by atoms with van der Waals surface area (Å²) in [5.74, 6) is 0.451. The van der Waals surface area contributed by atoms with Gasteiger partial charge in [-0.1, -0.05) is 25.1 Å². The highest BCUT2D eigenvalue weighted by molar-refractivity contribution is 9.10. The van der Waals surface area contributed by atoms with Crippen LogP contribution in [-0.4, -0.2) is 21.8 Å². The largest absolute Gasteiger partial charge is 0.306 e. The lowest BCUT2D eigenvalue weighted by molar-refractivity contribution is 0.0974. The topological polar surface area (TPSA) is 37.6 Å². The summed E-state index contributed by atoms with van der Waals surface area (Å²) < 4.78 is 2.80. The lowest BCUT2D eigenvalue weighted by atomic mass is 9.93. The Hall–Kier alpha value is -2.14. The van der Waals surface area contributed by atoms with Gasteiger partial charge in [0.2, 0.25) is 0 Å². The van der Waals surface area contributed by atoms with Crippen LogP contribution in [0, 0.1) is 12.8 Å². The highest BCUT2D eigenvalue weighted by Gasteiger charge is 2.29. The van der Waals surface area contributed by atoms with Crippen molar-refractivity contribution in [3.05, 3.63) is 64.0 Å². The predicted molar refractivity (Wildman–Crippen MR) is 98.6 cm³/mol. The number of hydrogen-bond donors (Lipinski definition) is 0. The van der Waals surface area contributed by atoms with Crippen LogP contribution in [0.3, 0.4) is 0 Å². The number of amides is 1. The van der Waals surface area contributed by atoms with E-state index in [1.807, 2.05) is 52.8 Å². The van der Waals surface area contributed by atoms with Crippen LogP contribution >= 0.6 is 15.9 Å². The molecule has 24 heavy (non-hydrogen) atoms. The fraction of sp³-hybridized carbons (Fsp3) is 0.263. The van der Waals surface area contributed by atoms with Crippen LogP contribution in [0.2, 0.25) is 0 Å². The molecule has 1 unspecified atom stereocenters. The molecule has 0 aliphatic carbocycles. The van der Waals surface area contributed by atoms with Gasteiger partial charge in [0.15, 0.2) is 0 Å². The number of carbonyl (C=O) groups excluding carboxylic acids is 1. The number of fused-ring (bicyclic) bond motifs is 2. The molecule has 0 fully saturated rings. The van der Waals surface area contributed by atoms with Crippen molar-refractivity contribution in [3.8, 4) is 0 Å². The Bertz CT molecular complexity index is 947. The quantitative estimate of drug-likeness (QED) is 0.629. The average molecular weight is 384 g/mol. The Morgan fingerprint density at radius 3 is 2.88 bits per heavy atom. The van der Waals surface area contributed by atoms with E-state index >= 15 is 0 Å². The summed E-state index contributed by atoms with van der Waals surface area (Å²) in [5, 5.41) is 0. The van der Waals surface area contributed by atoms with Crippen LogP contribution in [0.25, 0.3) is 5.65 Å². The number of para-hydroxylation sites is 1. The average Bonchev–Trinajstić information content (AvgIpc) is 2.88. The number of anilines is 1. The van der Waals surface area contributed by atoms with E-state index in [1.165, 1.54) is 5.56 Å². The number of benzene rings is 1. The first-order valence-electron chi connectivity index (χ1n) is 8.08. The first-order valence-corrected chi connectivity index (χ1v) is 8.88. The van der Waals surface area contributed by atoms with Gasteiger partial charge in [-0.25, -0.2) is 4.98 Å². The summed E-state index contributed by atoms with van der Waals surface area (Å²) in [6, 6.07) is 12.0. The predicted octanol–water partition coefficient (Wildman–Crippen LogP) is 4.24. The zero-order valence-corrected chi connectivity index (χ0v) is 15.2. The second-order valence-corrected chi connectivity index (χ2v) is 7.39. The van der Waals surface area contributed by atoms with Gasteiger partial charge in [-0.2, -0.15) is 0 Å². The number of carbonyl (C=O) groups is 1. The van der Waals surface area contributed by atoms with E-state index in [4.69, 9.17) is 0 Å². The Morgan fingerprint density at radius 2 is 2.04 bits per heavy atom. The molecule has 4 rings (SSSR count). The van der Waals surface area contributed by atoms with Crippen molar-refractivity contribution in [2.24, 2.45) is 5.92 Å². The van der Waals surface area contributed by atoms with Crippen LogP contribution in [-0.2, 0) is 6.42 Å². The van der Waals surface area contributed by atoms with E-state index in [2.05, 4.69) is 33.9 Å². The van der Waals surface area contributed by atoms with Gasteiger partial charge in [-0.05, 0) is 59.0 Å². The van der Waals surface area contributed by atoms with Crippen molar-refractivity contribution in [1.29, 1.82) is 0 Å². The molecule has 0 saturated carbocycles. The third-order valence-electron chi connectivity index (χ3n) is 4.55. The molecule has 0 bridgehead atoms. The van der Waals surface area contributed by atoms with Crippen molar-refractivity contribution < 1.29 is 4.79 Å². The summed E-state index contributed by atoms with van der Waals surface area (Å²) >= 11 is 3.48. The highest BCUT2D eigenvalue weighted by atomic mass is 79.9. The van der Waals surface area contributed by atoms with Crippen LogP contribution in [0.1, 0.15) is 28.7 Å². The molecule has 1 aliphatic rings. The summed E-state index contributed by atoms with van der Waals surface area (Å²) in [6.07, 6.45) is 2.92. The SMILES string of the molecule is Cc1nc2ccc(Br)cn2c1C(=O)N1CC(C)Cc2ccccc21. The lowest BCUT2D eigenvalue weighted by Crippen LogP contribution is -2.40. The summed E-state index contributed by atoms with van der Waals surface area (Å²) in [6.45, 7) is 4.82. The fourth-order valence-electron chi connectivity index (χ4n) is 3.51. The fourth-order valence-corrected chi connectivity index (χ4v) is 3.85. The van der Waals surface area contributed by atoms with E-state index in [9.17, 15) is 4.79 Å². The molecule has 5 heteroatoms. The molecule has 1 amide bonds. The van der Waals surface area contributed by atoms with Gasteiger partial charge in [-0.15, -0.1) is 0 Å². The van der Waals surface area contributed by atoms with Crippen molar-refractivity contribution in [3.63, 3.8) is 0 Å². The second kappa shape index (κ2) is 5.74. The molecule has 0 saturated heterocycles. The summed E-state index contributed by atoms with van der Waals surface area (Å²) in [4.78, 5) is 19.8. The molecule has 3 heterocycles. The Kier molecular flexibility index (Phi) is 3.68. The van der Waals surface area contributed by atoms with E-state index in [-0.39, 0.29) is 5.91 Å². The molecular formula is C19H18BrN3O. The Balaban J connectivity index is 1.85. The second-order valence-electron chi connectivity index (χ2n) is 6.48. The first kappa shape index (κ1) is 15.4. The minimum Gasteiger partial charge on any atom is -0.306 e. The highest BCUT2D eigenvalue weighted by Crippen LogP contribution is 2.31. The van der Waals surface area contributed by atoms with Gasteiger partial charge in [0.25, 0.3) is 5.91 Å². The number of aryl methyl sites for hydroxylation is 1. The number of aromatic nitrogens is 2. The van der Waals surface area contributed by atoms with Crippen LogP contribution < -0.4 is 4.90 Å². The zero-order chi connectivity index (χ0) is 16.8. The van der Waals surface area contributed by atoms with Crippen LogP contribution in [0.4, 0.5) is 5.69 Å². The molecule has 0 spiro atoms. The smallest absolute Gasteiger partial charge is 0.277 e. The van der Waals surface area contributed by atoms with Gasteiger partial charge in [-0.3, -0.25) is 9.20 Å². The summed E-state index contributed by atoms with van der Waals surface area (Å²) in [5.41, 5.74) is 4.43. The monoisotopic (exact) mass is 383 g/mol. The van der Waals surface area contributed by atoms with Gasteiger partial charge in [0, 0.05) is 22.9 Å². The number of halogens is 1. The van der Waals surface area contributed by atoms with Gasteiger partial charge in [0.05, 0.1) is 5.69 Å². The molecule has 1 aromatic carbocycles. The van der Waals surface area contributed by atoms with Crippen LogP contribution in [0.5, 0.6) is 0 Å².